The normalized spacial score (nSPS) is 12.9. The van der Waals surface area contributed by atoms with Crippen LogP contribution in [0.5, 0.6) is 0 Å². The van der Waals surface area contributed by atoms with Crippen LogP contribution in [0.15, 0.2) is 18.5 Å². The van der Waals surface area contributed by atoms with Crippen molar-refractivity contribution < 1.29 is 4.79 Å². The van der Waals surface area contributed by atoms with Crippen molar-refractivity contribution in [1.29, 1.82) is 0 Å². The summed E-state index contributed by atoms with van der Waals surface area (Å²) < 4.78 is 1.89. The molecule has 0 aliphatic rings. The molecule has 0 aromatic carbocycles. The molecule has 0 aliphatic carbocycles. The third-order valence-electron chi connectivity index (χ3n) is 2.60. The van der Waals surface area contributed by atoms with E-state index in [-0.39, 0.29) is 0 Å². The molecule has 4 nitrogen and oxygen atoms in total. The van der Waals surface area contributed by atoms with Gasteiger partial charge in [-0.15, -0.1) is 0 Å². The Morgan fingerprint density at radius 1 is 1.53 bits per heavy atom. The van der Waals surface area contributed by atoms with Crippen LogP contribution in [0.25, 0.3) is 11.0 Å². The van der Waals surface area contributed by atoms with Gasteiger partial charge in [0.1, 0.15) is 0 Å². The Hall–Kier alpha value is -1.71. The number of pyridine rings is 1. The quantitative estimate of drug-likeness (QED) is 0.718. The molecule has 4 heteroatoms. The van der Waals surface area contributed by atoms with Crippen LogP contribution in [0.4, 0.5) is 0 Å². The summed E-state index contributed by atoms with van der Waals surface area (Å²) in [6.07, 6.45) is 5.14. The summed E-state index contributed by atoms with van der Waals surface area (Å²) >= 11 is 0. The van der Waals surface area contributed by atoms with E-state index >= 15 is 0 Å². The predicted octanol–water partition coefficient (Wildman–Crippen LogP) is 2.21. The zero-order valence-corrected chi connectivity index (χ0v) is 8.84. The second kappa shape index (κ2) is 3.81. The van der Waals surface area contributed by atoms with E-state index < -0.39 is 0 Å². The number of carbonyl (C=O) groups excluding carboxylic acids is 1. The second-order valence-corrected chi connectivity index (χ2v) is 3.65. The standard InChI is InChI=1S/C11H13N3O/c1-3-8(2)14-11-10(6-13-14)4-9(7-15)5-12-11/h4-8H,3H2,1-2H3. The Morgan fingerprint density at radius 3 is 3.00 bits per heavy atom. The monoisotopic (exact) mass is 203 g/mol. The molecule has 0 radical (unpaired) electrons. The Balaban J connectivity index is 2.56. The predicted molar refractivity (Wildman–Crippen MR) is 57.9 cm³/mol. The van der Waals surface area contributed by atoms with E-state index in [4.69, 9.17) is 0 Å². The number of aldehydes is 1. The van der Waals surface area contributed by atoms with E-state index in [0.29, 0.717) is 11.6 Å². The molecule has 0 amide bonds. The Kier molecular flexibility index (Phi) is 2.49. The van der Waals surface area contributed by atoms with Crippen molar-refractivity contribution in [2.24, 2.45) is 0 Å². The summed E-state index contributed by atoms with van der Waals surface area (Å²) in [4.78, 5) is 14.8. The van der Waals surface area contributed by atoms with Crippen LogP contribution in [0.2, 0.25) is 0 Å². The first-order valence-electron chi connectivity index (χ1n) is 5.04. The minimum atomic E-state index is 0.331. The number of hydrogen-bond donors (Lipinski definition) is 0. The van der Waals surface area contributed by atoms with Gasteiger partial charge in [-0.1, -0.05) is 6.92 Å². The van der Waals surface area contributed by atoms with Gasteiger partial charge in [0.05, 0.1) is 12.2 Å². The zero-order chi connectivity index (χ0) is 10.8. The van der Waals surface area contributed by atoms with Crippen LogP contribution in [0.1, 0.15) is 36.7 Å². The number of nitrogens with zero attached hydrogens (tertiary/aromatic N) is 3. The van der Waals surface area contributed by atoms with Crippen molar-refractivity contribution in [3.8, 4) is 0 Å². The molecule has 2 aromatic heterocycles. The summed E-state index contributed by atoms with van der Waals surface area (Å²) in [5.41, 5.74) is 1.43. The van der Waals surface area contributed by atoms with Gasteiger partial charge in [-0.25, -0.2) is 9.67 Å². The third kappa shape index (κ3) is 1.63. The molecule has 1 unspecified atom stereocenters. The van der Waals surface area contributed by atoms with Gasteiger partial charge in [0.25, 0.3) is 0 Å². The van der Waals surface area contributed by atoms with Gasteiger partial charge in [0.2, 0.25) is 0 Å². The molecule has 2 heterocycles. The maximum atomic E-state index is 10.6. The maximum absolute atomic E-state index is 10.6. The zero-order valence-electron chi connectivity index (χ0n) is 8.84. The van der Waals surface area contributed by atoms with Gasteiger partial charge < -0.3 is 0 Å². The number of hydrogen-bond acceptors (Lipinski definition) is 3. The van der Waals surface area contributed by atoms with Crippen LogP contribution >= 0.6 is 0 Å². The van der Waals surface area contributed by atoms with Gasteiger partial charge in [-0.3, -0.25) is 4.79 Å². The fraction of sp³-hybridized carbons (Fsp3) is 0.364. The second-order valence-electron chi connectivity index (χ2n) is 3.65. The van der Waals surface area contributed by atoms with E-state index in [1.165, 1.54) is 0 Å². The molecule has 0 aliphatic heterocycles. The molecular weight excluding hydrogens is 190 g/mol. The molecule has 0 bridgehead atoms. The fourth-order valence-electron chi connectivity index (χ4n) is 1.52. The summed E-state index contributed by atoms with van der Waals surface area (Å²) in [7, 11) is 0. The highest BCUT2D eigenvalue weighted by atomic mass is 16.1. The van der Waals surface area contributed by atoms with E-state index in [1.807, 2.05) is 4.68 Å². The number of carbonyl (C=O) groups is 1. The summed E-state index contributed by atoms with van der Waals surface area (Å²) in [6, 6.07) is 2.14. The van der Waals surface area contributed by atoms with Crippen molar-refractivity contribution in [2.45, 2.75) is 26.3 Å². The van der Waals surface area contributed by atoms with Gasteiger partial charge >= 0.3 is 0 Å². The lowest BCUT2D eigenvalue weighted by Gasteiger charge is -2.09. The number of rotatable bonds is 3. The average Bonchev–Trinajstić information content (AvgIpc) is 2.70. The van der Waals surface area contributed by atoms with Gasteiger partial charge in [0.15, 0.2) is 11.9 Å². The Bertz CT molecular complexity index is 490. The van der Waals surface area contributed by atoms with Crippen LogP contribution in [-0.2, 0) is 0 Å². The van der Waals surface area contributed by atoms with Crippen molar-refractivity contribution in [2.75, 3.05) is 0 Å². The topological polar surface area (TPSA) is 47.8 Å². The molecule has 1 atom stereocenters. The molecule has 0 saturated carbocycles. The van der Waals surface area contributed by atoms with E-state index in [2.05, 4.69) is 23.9 Å². The molecular formula is C11H13N3O. The molecule has 78 valence electrons. The summed E-state index contributed by atoms with van der Waals surface area (Å²) in [5.74, 6) is 0. The smallest absolute Gasteiger partial charge is 0.157 e. The highest BCUT2D eigenvalue weighted by Crippen LogP contribution is 2.17. The van der Waals surface area contributed by atoms with Crippen molar-refractivity contribution in [3.63, 3.8) is 0 Å². The van der Waals surface area contributed by atoms with E-state index in [9.17, 15) is 4.79 Å². The lowest BCUT2D eigenvalue weighted by Crippen LogP contribution is -2.06. The molecule has 0 spiro atoms. The van der Waals surface area contributed by atoms with Crippen LogP contribution < -0.4 is 0 Å². The van der Waals surface area contributed by atoms with Crippen LogP contribution in [0, 0.1) is 0 Å². The van der Waals surface area contributed by atoms with Gasteiger partial charge in [0, 0.05) is 17.1 Å². The van der Waals surface area contributed by atoms with E-state index in [1.54, 1.807) is 18.5 Å². The molecule has 15 heavy (non-hydrogen) atoms. The molecule has 0 N–H and O–H groups in total. The van der Waals surface area contributed by atoms with E-state index in [0.717, 1.165) is 23.7 Å². The van der Waals surface area contributed by atoms with Crippen LogP contribution in [0.3, 0.4) is 0 Å². The average molecular weight is 203 g/mol. The number of aromatic nitrogens is 3. The minimum Gasteiger partial charge on any atom is -0.298 e. The first-order chi connectivity index (χ1) is 7.26. The fourth-order valence-corrected chi connectivity index (χ4v) is 1.52. The van der Waals surface area contributed by atoms with Gasteiger partial charge in [-0.2, -0.15) is 5.10 Å². The molecule has 2 rings (SSSR count). The van der Waals surface area contributed by atoms with Crippen molar-refractivity contribution in [3.05, 3.63) is 24.0 Å². The summed E-state index contributed by atoms with van der Waals surface area (Å²) in [6.45, 7) is 4.21. The molecule has 2 aromatic rings. The first kappa shape index (κ1) is 9.83. The highest BCUT2D eigenvalue weighted by molar-refractivity contribution is 5.83. The lowest BCUT2D eigenvalue weighted by atomic mass is 10.2. The molecule has 0 saturated heterocycles. The SMILES string of the molecule is CCC(C)n1ncc2cc(C=O)cnc21. The van der Waals surface area contributed by atoms with Crippen LogP contribution in [-0.4, -0.2) is 21.1 Å². The lowest BCUT2D eigenvalue weighted by molar-refractivity contribution is 0.112. The minimum absolute atomic E-state index is 0.331. The third-order valence-corrected chi connectivity index (χ3v) is 2.60. The summed E-state index contributed by atoms with van der Waals surface area (Å²) in [5, 5.41) is 5.20. The maximum Gasteiger partial charge on any atom is 0.157 e. The Morgan fingerprint density at radius 2 is 2.33 bits per heavy atom. The first-order valence-corrected chi connectivity index (χ1v) is 5.04. The largest absolute Gasteiger partial charge is 0.298 e. The van der Waals surface area contributed by atoms with Crippen molar-refractivity contribution >= 4 is 17.3 Å². The molecule has 0 fully saturated rings. The Labute approximate surface area is 87.9 Å². The van der Waals surface area contributed by atoms with Gasteiger partial charge in [-0.05, 0) is 19.4 Å². The highest BCUT2D eigenvalue weighted by Gasteiger charge is 2.09. The van der Waals surface area contributed by atoms with Crippen molar-refractivity contribution in [1.82, 2.24) is 14.8 Å². The number of fused-ring (bicyclic) bond motifs is 1.